The average molecular weight is 631 g/mol. The first-order chi connectivity index (χ1) is 16.1. The molecule has 178 valence electrons. The molecule has 2 aliphatic rings. The minimum atomic E-state index is -1.13. The van der Waals surface area contributed by atoms with Crippen molar-refractivity contribution in [3.8, 4) is 0 Å². The van der Waals surface area contributed by atoms with Crippen molar-refractivity contribution in [1.82, 2.24) is 10.0 Å². The number of ketones is 1. The van der Waals surface area contributed by atoms with Crippen LogP contribution in [-0.4, -0.2) is 49.2 Å². The number of hydrazine groups is 1. The zero-order valence-electron chi connectivity index (χ0n) is 18.0. The minimum absolute atomic E-state index is 0.00745. The average Bonchev–Trinajstić information content (AvgIpc) is 3.05. The molecular weight excluding hydrogens is 611 g/mol. The highest BCUT2D eigenvalue weighted by Gasteiger charge is 2.55. The first-order valence-electron chi connectivity index (χ1n) is 10.7. The Balaban J connectivity index is 1.76. The van der Waals surface area contributed by atoms with Gasteiger partial charge >= 0.3 is 0 Å². The van der Waals surface area contributed by atoms with Gasteiger partial charge in [-0.1, -0.05) is 85.4 Å². The largest absolute Gasteiger partial charge is 0.292 e. The molecular formula is C24H20Br2Cl2N2O4. The van der Waals surface area contributed by atoms with Gasteiger partial charge in [-0.3, -0.25) is 19.2 Å². The molecule has 1 aliphatic heterocycles. The standard InChI is InChI=1S/C24H20Br2Cl2N2O4/c1-12(21(31)13-5-3-2-4-6-13)29(22(32)14-7-8-19(27)20(28)9-14)30-23(33)15-10-17(25)18(26)11-16(15)24(30)34/h2-9,12,15-18H,10-11H2,1H3/t12-,15-,16-,17-,18+/m1/s1. The summed E-state index contributed by atoms with van der Waals surface area (Å²) in [6, 6.07) is 11.6. The van der Waals surface area contributed by atoms with E-state index in [0.29, 0.717) is 18.4 Å². The van der Waals surface area contributed by atoms with Crippen LogP contribution in [0.2, 0.25) is 10.0 Å². The Bertz CT molecular complexity index is 1130. The summed E-state index contributed by atoms with van der Waals surface area (Å²) in [5.41, 5.74) is 0.466. The zero-order valence-corrected chi connectivity index (χ0v) is 22.6. The lowest BCUT2D eigenvalue weighted by Crippen LogP contribution is -2.56. The molecule has 1 saturated carbocycles. The Hall–Kier alpha value is -1.74. The van der Waals surface area contributed by atoms with E-state index in [4.69, 9.17) is 23.2 Å². The first kappa shape index (κ1) is 25.4. The van der Waals surface area contributed by atoms with E-state index < -0.39 is 41.4 Å². The molecule has 2 fully saturated rings. The number of carbonyl (C=O) groups is 4. The van der Waals surface area contributed by atoms with Crippen LogP contribution in [0.15, 0.2) is 48.5 Å². The van der Waals surface area contributed by atoms with Crippen molar-refractivity contribution in [3.05, 3.63) is 69.7 Å². The third kappa shape index (κ3) is 4.57. The lowest BCUT2D eigenvalue weighted by molar-refractivity contribution is -0.156. The molecule has 10 heteroatoms. The summed E-state index contributed by atoms with van der Waals surface area (Å²) in [7, 11) is 0. The van der Waals surface area contributed by atoms with Gasteiger partial charge in [0.2, 0.25) is 0 Å². The van der Waals surface area contributed by atoms with E-state index in [1.54, 1.807) is 30.3 Å². The Morgan fingerprint density at radius 1 is 0.912 bits per heavy atom. The normalized spacial score (nSPS) is 25.1. The lowest BCUT2D eigenvalue weighted by Gasteiger charge is -2.34. The van der Waals surface area contributed by atoms with Gasteiger partial charge in [-0.2, -0.15) is 5.01 Å². The number of hydrogen-bond donors (Lipinski definition) is 0. The molecule has 6 nitrogen and oxygen atoms in total. The Kier molecular flexibility index (Phi) is 7.53. The fourth-order valence-electron chi connectivity index (χ4n) is 4.45. The molecule has 0 N–H and O–H groups in total. The number of halogens is 4. The fraction of sp³-hybridized carbons (Fsp3) is 0.333. The number of Topliss-reactive ketones (excluding diaryl/α,β-unsaturated/α-hetero) is 1. The second kappa shape index (κ2) is 10.1. The van der Waals surface area contributed by atoms with E-state index in [2.05, 4.69) is 31.9 Å². The number of rotatable bonds is 5. The van der Waals surface area contributed by atoms with Gasteiger partial charge in [-0.05, 0) is 38.0 Å². The summed E-state index contributed by atoms with van der Waals surface area (Å²) in [6.45, 7) is 1.51. The van der Waals surface area contributed by atoms with E-state index in [1.165, 1.54) is 25.1 Å². The number of alkyl halides is 2. The van der Waals surface area contributed by atoms with Crippen molar-refractivity contribution in [1.29, 1.82) is 0 Å². The van der Waals surface area contributed by atoms with Crippen LogP contribution < -0.4 is 0 Å². The Labute approximate surface area is 223 Å². The second-order valence-electron chi connectivity index (χ2n) is 8.39. The van der Waals surface area contributed by atoms with Gasteiger partial charge in [0.05, 0.1) is 21.9 Å². The Morgan fingerprint density at radius 3 is 2.00 bits per heavy atom. The fourth-order valence-corrected chi connectivity index (χ4v) is 5.98. The number of benzene rings is 2. The van der Waals surface area contributed by atoms with Gasteiger partial charge in [0.15, 0.2) is 5.78 Å². The minimum Gasteiger partial charge on any atom is -0.292 e. The van der Waals surface area contributed by atoms with Gasteiger partial charge in [-0.15, -0.1) is 0 Å². The molecule has 4 rings (SSSR count). The van der Waals surface area contributed by atoms with Crippen molar-refractivity contribution >= 4 is 78.6 Å². The molecule has 0 radical (unpaired) electrons. The van der Waals surface area contributed by atoms with Crippen LogP contribution in [0.5, 0.6) is 0 Å². The van der Waals surface area contributed by atoms with Crippen LogP contribution in [0, 0.1) is 11.8 Å². The van der Waals surface area contributed by atoms with Crippen LogP contribution in [0.4, 0.5) is 0 Å². The number of nitrogens with zero attached hydrogens (tertiary/aromatic N) is 2. The number of hydrogen-bond acceptors (Lipinski definition) is 4. The predicted molar refractivity (Wildman–Crippen MR) is 136 cm³/mol. The summed E-state index contributed by atoms with van der Waals surface area (Å²) in [6.07, 6.45) is 0.884. The summed E-state index contributed by atoms with van der Waals surface area (Å²) in [5, 5.41) is 2.25. The summed E-state index contributed by atoms with van der Waals surface area (Å²) in [4.78, 5) is 54.0. The molecule has 0 spiro atoms. The SMILES string of the molecule is C[C@H](C(=O)c1ccccc1)N(C(=O)c1ccc(Cl)c(Cl)c1)N1C(=O)[C@@H]2C[C@@H](Br)[C@@H](Br)C[C@H]2C1=O. The molecule has 0 bridgehead atoms. The first-order valence-corrected chi connectivity index (χ1v) is 13.2. The molecule has 34 heavy (non-hydrogen) atoms. The van der Waals surface area contributed by atoms with E-state index >= 15 is 0 Å². The summed E-state index contributed by atoms with van der Waals surface area (Å²) in [5.74, 6) is -3.22. The van der Waals surface area contributed by atoms with Gasteiger partial charge < -0.3 is 0 Å². The molecule has 2 aromatic carbocycles. The van der Waals surface area contributed by atoms with Crippen LogP contribution in [-0.2, 0) is 9.59 Å². The zero-order chi connectivity index (χ0) is 24.7. The van der Waals surface area contributed by atoms with Gasteiger partial charge in [-0.25, -0.2) is 5.01 Å². The lowest BCUT2D eigenvalue weighted by atomic mass is 9.81. The van der Waals surface area contributed by atoms with Crippen LogP contribution in [0.1, 0.15) is 40.5 Å². The highest BCUT2D eigenvalue weighted by atomic mass is 79.9. The molecule has 1 heterocycles. The highest BCUT2D eigenvalue weighted by Crippen LogP contribution is 2.44. The van der Waals surface area contributed by atoms with E-state index in [-0.39, 0.29) is 25.3 Å². The molecule has 1 saturated heterocycles. The third-order valence-electron chi connectivity index (χ3n) is 6.28. The predicted octanol–water partition coefficient (Wildman–Crippen LogP) is 5.54. The Morgan fingerprint density at radius 2 is 1.47 bits per heavy atom. The summed E-state index contributed by atoms with van der Waals surface area (Å²) >= 11 is 19.3. The van der Waals surface area contributed by atoms with Crippen molar-refractivity contribution < 1.29 is 19.2 Å². The number of fused-ring (bicyclic) bond motifs is 1. The second-order valence-corrected chi connectivity index (χ2v) is 11.6. The van der Waals surface area contributed by atoms with E-state index in [0.717, 1.165) is 10.0 Å². The van der Waals surface area contributed by atoms with Crippen LogP contribution in [0.3, 0.4) is 0 Å². The van der Waals surface area contributed by atoms with Crippen LogP contribution in [0.25, 0.3) is 0 Å². The van der Waals surface area contributed by atoms with Gasteiger partial charge in [0.25, 0.3) is 17.7 Å². The molecule has 0 aromatic heterocycles. The molecule has 2 aromatic rings. The molecule has 0 unspecified atom stereocenters. The maximum Gasteiger partial charge on any atom is 0.273 e. The maximum absolute atomic E-state index is 13.7. The van der Waals surface area contributed by atoms with Crippen molar-refractivity contribution in [2.24, 2.45) is 11.8 Å². The maximum atomic E-state index is 13.7. The van der Waals surface area contributed by atoms with E-state index in [1.807, 2.05) is 0 Å². The number of amides is 3. The van der Waals surface area contributed by atoms with Crippen molar-refractivity contribution in [2.45, 2.75) is 35.5 Å². The summed E-state index contributed by atoms with van der Waals surface area (Å²) < 4.78 is 0. The topological polar surface area (TPSA) is 74.8 Å². The van der Waals surface area contributed by atoms with Crippen molar-refractivity contribution in [3.63, 3.8) is 0 Å². The van der Waals surface area contributed by atoms with Gasteiger partial charge in [0.1, 0.15) is 6.04 Å². The highest BCUT2D eigenvalue weighted by molar-refractivity contribution is 9.12. The van der Waals surface area contributed by atoms with Gasteiger partial charge in [0, 0.05) is 20.8 Å². The van der Waals surface area contributed by atoms with Crippen LogP contribution >= 0.6 is 55.1 Å². The monoisotopic (exact) mass is 628 g/mol. The molecule has 5 atom stereocenters. The number of carbonyl (C=O) groups excluding carboxylic acids is 4. The quantitative estimate of drug-likeness (QED) is 0.247. The van der Waals surface area contributed by atoms with Crippen molar-refractivity contribution in [2.75, 3.05) is 0 Å². The smallest absolute Gasteiger partial charge is 0.273 e. The molecule has 3 amide bonds. The third-order valence-corrected chi connectivity index (χ3v) is 9.76. The molecule has 1 aliphatic carbocycles. The number of imide groups is 1. The van der Waals surface area contributed by atoms with E-state index in [9.17, 15) is 19.2 Å².